The van der Waals surface area contributed by atoms with Gasteiger partial charge in [0.05, 0.1) is 6.04 Å². The van der Waals surface area contributed by atoms with Gasteiger partial charge in [-0.05, 0) is 30.5 Å². The van der Waals surface area contributed by atoms with Crippen LogP contribution in [0.3, 0.4) is 0 Å². The summed E-state index contributed by atoms with van der Waals surface area (Å²) in [4.78, 5) is 25.2. The maximum absolute atomic E-state index is 12.2. The largest absolute Gasteiger partial charge is 1.00 e. The molecule has 2 atom stereocenters. The van der Waals surface area contributed by atoms with Crippen LogP contribution < -0.4 is 34.9 Å². The number of phenols is 2. The molecule has 2 aliphatic rings. The van der Waals surface area contributed by atoms with Crippen LogP contribution >= 0.6 is 0 Å². The van der Waals surface area contributed by atoms with Crippen molar-refractivity contribution >= 4 is 22.2 Å². The van der Waals surface area contributed by atoms with Gasteiger partial charge in [-0.1, -0.05) is 6.07 Å². The number of benzene rings is 1. The summed E-state index contributed by atoms with van der Waals surface area (Å²) in [6.07, 6.45) is 0.619. The van der Waals surface area contributed by atoms with Crippen molar-refractivity contribution in [3.8, 4) is 11.5 Å². The second kappa shape index (κ2) is 7.61. The summed E-state index contributed by atoms with van der Waals surface area (Å²) in [7, 11) is -4.85. The Morgan fingerprint density at radius 3 is 2.62 bits per heavy atom. The van der Waals surface area contributed by atoms with Crippen molar-refractivity contribution in [3.05, 3.63) is 23.8 Å². The number of hydrogen-bond acceptors (Lipinski definition) is 7. The number of urea groups is 1. The first-order valence-electron chi connectivity index (χ1n) is 7.54. The second-order valence-electron chi connectivity index (χ2n) is 5.89. The molecule has 3 N–H and O–H groups in total. The van der Waals surface area contributed by atoms with E-state index in [0.29, 0.717) is 16.3 Å². The zero-order chi connectivity index (χ0) is 18.4. The maximum Gasteiger partial charge on any atom is 1.00 e. The number of hydrogen-bond donors (Lipinski definition) is 3. The molecule has 136 valence electrons. The van der Waals surface area contributed by atoms with E-state index in [9.17, 15) is 32.8 Å². The van der Waals surface area contributed by atoms with Crippen LogP contribution in [0.1, 0.15) is 12.0 Å². The summed E-state index contributed by atoms with van der Waals surface area (Å²) < 4.78 is 33.3. The minimum absolute atomic E-state index is 0. The van der Waals surface area contributed by atoms with Crippen molar-refractivity contribution in [2.45, 2.75) is 24.9 Å². The minimum Gasteiger partial charge on any atom is -0.731 e. The number of nitrogens with one attached hydrogen (secondary N) is 1. The molecule has 2 fully saturated rings. The van der Waals surface area contributed by atoms with E-state index in [4.69, 9.17) is 0 Å². The molecule has 0 radical (unpaired) electrons. The normalized spacial score (nSPS) is 21.7. The van der Waals surface area contributed by atoms with Gasteiger partial charge >= 0.3 is 35.6 Å². The Hall–Kier alpha value is -1.53. The Balaban J connectivity index is 0.00000243. The predicted octanol–water partition coefficient (Wildman–Crippen LogP) is -3.90. The Morgan fingerprint density at radius 1 is 1.31 bits per heavy atom. The molecule has 1 aromatic carbocycles. The van der Waals surface area contributed by atoms with Gasteiger partial charge in [0.2, 0.25) is 0 Å². The van der Waals surface area contributed by atoms with Gasteiger partial charge in [0.1, 0.15) is 6.04 Å². The Kier molecular flexibility index (Phi) is 6.08. The van der Waals surface area contributed by atoms with Gasteiger partial charge in [0.25, 0.3) is 5.91 Å². The molecule has 0 bridgehead atoms. The third-order valence-electron chi connectivity index (χ3n) is 4.37. The van der Waals surface area contributed by atoms with E-state index in [-0.39, 0.29) is 60.6 Å². The molecule has 3 rings (SSSR count). The number of amides is 3. The van der Waals surface area contributed by atoms with E-state index in [1.165, 1.54) is 17.0 Å². The summed E-state index contributed by atoms with van der Waals surface area (Å²) in [5.41, 5.74) is 0.693. The summed E-state index contributed by atoms with van der Waals surface area (Å²) >= 11 is 0. The van der Waals surface area contributed by atoms with Crippen molar-refractivity contribution < 1.29 is 62.3 Å². The average Bonchev–Trinajstić information content (AvgIpc) is 2.88. The van der Waals surface area contributed by atoms with Crippen molar-refractivity contribution in [3.63, 3.8) is 0 Å². The topological polar surface area (TPSA) is 150 Å². The molecule has 3 amide bonds. The van der Waals surface area contributed by atoms with E-state index in [0.717, 1.165) is 0 Å². The molecule has 0 saturated carbocycles. The molecule has 0 spiro atoms. The van der Waals surface area contributed by atoms with Crippen molar-refractivity contribution in [2.24, 2.45) is 0 Å². The number of phenolic OH excluding ortho intramolecular Hbond substituents is 2. The Morgan fingerprint density at radius 2 is 2.00 bits per heavy atom. The van der Waals surface area contributed by atoms with E-state index < -0.39 is 34.3 Å². The van der Waals surface area contributed by atoms with Crippen molar-refractivity contribution in [1.29, 1.82) is 0 Å². The van der Waals surface area contributed by atoms with Crippen LogP contribution in [-0.2, 0) is 21.5 Å². The second-order valence-corrected chi connectivity index (χ2v) is 7.14. The van der Waals surface area contributed by atoms with E-state index in [1.54, 1.807) is 6.07 Å². The molecule has 2 heterocycles. The minimum atomic E-state index is -4.85. The smallest absolute Gasteiger partial charge is 0.731 e. The predicted molar refractivity (Wildman–Crippen MR) is 82.3 cm³/mol. The van der Waals surface area contributed by atoms with E-state index in [1.807, 2.05) is 0 Å². The van der Waals surface area contributed by atoms with Crippen molar-refractivity contribution in [1.82, 2.24) is 14.5 Å². The van der Waals surface area contributed by atoms with Crippen LogP contribution in [-0.4, -0.2) is 69.5 Å². The average molecular weight is 393 g/mol. The first-order chi connectivity index (χ1) is 11.7. The van der Waals surface area contributed by atoms with Crippen LogP contribution in [0.25, 0.3) is 0 Å². The fourth-order valence-electron chi connectivity index (χ4n) is 3.17. The molecule has 2 saturated heterocycles. The molecule has 0 unspecified atom stereocenters. The molecule has 10 nitrogen and oxygen atoms in total. The summed E-state index contributed by atoms with van der Waals surface area (Å²) in [5, 5.41) is 21.3. The zero-order valence-electron chi connectivity index (χ0n) is 14.0. The maximum atomic E-state index is 12.2. The van der Waals surface area contributed by atoms with Crippen LogP contribution in [0.15, 0.2) is 18.2 Å². The number of fused-ring (bicyclic) bond motifs is 1. The van der Waals surface area contributed by atoms with Crippen LogP contribution in [0, 0.1) is 0 Å². The fourth-order valence-corrected chi connectivity index (χ4v) is 4.06. The van der Waals surface area contributed by atoms with Gasteiger partial charge in [0, 0.05) is 13.1 Å². The molecule has 12 heteroatoms. The first kappa shape index (κ1) is 20.8. The van der Waals surface area contributed by atoms with Gasteiger partial charge in [-0.3, -0.25) is 4.79 Å². The Labute approximate surface area is 171 Å². The number of carbonyl (C=O) groups excluding carboxylic acids is 2. The molecule has 2 aliphatic heterocycles. The summed E-state index contributed by atoms with van der Waals surface area (Å²) in [6.45, 7) is 0.396. The van der Waals surface area contributed by atoms with Gasteiger partial charge in [0.15, 0.2) is 21.8 Å². The van der Waals surface area contributed by atoms with Gasteiger partial charge < -0.3 is 25.0 Å². The van der Waals surface area contributed by atoms with Gasteiger partial charge in [-0.25, -0.2) is 17.5 Å². The SMILES string of the molecule is O=C(NCCc1ccc(O)c(O)c1)N1CC[C@@H]2[C@H]1C(=O)N2S(=O)(=O)[O-].[Na+]. The number of carbonyl (C=O) groups is 2. The summed E-state index contributed by atoms with van der Waals surface area (Å²) in [6, 6.07) is 2.09. The van der Waals surface area contributed by atoms with Crippen LogP contribution in [0.4, 0.5) is 4.79 Å². The molecule has 0 aromatic heterocycles. The Bertz CT molecular complexity index is 832. The van der Waals surface area contributed by atoms with Gasteiger partial charge in [-0.2, -0.15) is 0 Å². The molecule has 0 aliphatic carbocycles. The van der Waals surface area contributed by atoms with Crippen LogP contribution in [0.5, 0.6) is 11.5 Å². The third-order valence-corrected chi connectivity index (χ3v) is 5.30. The van der Waals surface area contributed by atoms with E-state index >= 15 is 0 Å². The first-order valence-corrected chi connectivity index (χ1v) is 8.91. The summed E-state index contributed by atoms with van der Waals surface area (Å²) in [5.74, 6) is -1.38. The number of aromatic hydroxyl groups is 2. The quantitative estimate of drug-likeness (QED) is 0.205. The molecule has 26 heavy (non-hydrogen) atoms. The van der Waals surface area contributed by atoms with Crippen molar-refractivity contribution in [2.75, 3.05) is 13.1 Å². The number of rotatable bonds is 4. The molecule has 1 aromatic rings. The van der Waals surface area contributed by atoms with Crippen LogP contribution in [0.2, 0.25) is 0 Å². The number of nitrogens with zero attached hydrogens (tertiary/aromatic N) is 2. The molecular formula is C14H16N3NaO7S. The monoisotopic (exact) mass is 393 g/mol. The number of β-lactam (4-membered cyclic amide) rings is 1. The third kappa shape index (κ3) is 3.76. The van der Waals surface area contributed by atoms with Gasteiger partial charge in [-0.15, -0.1) is 0 Å². The molecular weight excluding hydrogens is 377 g/mol. The zero-order valence-corrected chi connectivity index (χ0v) is 16.8. The van der Waals surface area contributed by atoms with E-state index in [2.05, 4.69) is 5.32 Å². The number of likely N-dealkylation sites (tertiary alicyclic amines) is 1. The standard InChI is InChI=1S/C14H17N3O7S.Na/c18-10-2-1-8(7-11(10)19)3-5-15-14(21)16-6-4-9-12(16)13(20)17(9)25(22,23)24;/h1-2,7,9,12,18-19H,3-6H2,(H,15,21)(H,22,23,24);/q;+1/p-1/t9-,12+;/m1./s1. The fraction of sp³-hybridized carbons (Fsp3) is 0.429.